The molecule has 41 heavy (non-hydrogen) atoms. The highest BCUT2D eigenvalue weighted by Crippen LogP contribution is 2.44. The van der Waals surface area contributed by atoms with Gasteiger partial charge in [-0.1, -0.05) is 31.4 Å². The molecule has 1 N–H and O–H groups in total. The molecule has 3 aliphatic rings. The number of aliphatic carboxylic acids is 1. The quantitative estimate of drug-likeness (QED) is 0.415. The number of nitrogens with zero attached hydrogens (tertiary/aromatic N) is 4. The second-order valence-electron chi connectivity index (χ2n) is 12.2. The van der Waals surface area contributed by atoms with Crippen molar-refractivity contribution in [3.05, 3.63) is 46.9 Å². The number of rotatable bonds is 8. The Morgan fingerprint density at radius 1 is 1.12 bits per heavy atom. The number of aryl methyl sites for hydroxylation is 1. The molecule has 0 amide bonds. The first kappa shape index (κ1) is 29.8. The summed E-state index contributed by atoms with van der Waals surface area (Å²) in [7, 11) is 2.84. The molecule has 2 aliphatic heterocycles. The van der Waals surface area contributed by atoms with Crippen molar-refractivity contribution in [1.82, 2.24) is 19.6 Å². The molecule has 7 nitrogen and oxygen atoms in total. The van der Waals surface area contributed by atoms with E-state index in [1.54, 1.807) is 12.1 Å². The van der Waals surface area contributed by atoms with Crippen LogP contribution in [0, 0.1) is 17.2 Å². The number of hydrogen-bond donors (Lipinski definition) is 1. The van der Waals surface area contributed by atoms with Gasteiger partial charge < -0.3 is 19.6 Å². The summed E-state index contributed by atoms with van der Waals surface area (Å²) in [6.45, 7) is 3.86. The second kappa shape index (κ2) is 11.9. The average molecular weight is 581 g/mol. The van der Waals surface area contributed by atoms with Gasteiger partial charge in [0.1, 0.15) is 5.82 Å². The van der Waals surface area contributed by atoms with Crippen LogP contribution in [0.25, 0.3) is 0 Å². The lowest BCUT2D eigenvalue weighted by molar-refractivity contribution is -0.152. The van der Waals surface area contributed by atoms with Crippen LogP contribution in [0.3, 0.4) is 0 Å². The lowest BCUT2D eigenvalue weighted by Gasteiger charge is -2.37. The van der Waals surface area contributed by atoms with Crippen LogP contribution in [0.15, 0.2) is 24.3 Å². The third-order valence-corrected chi connectivity index (χ3v) is 9.56. The Kier molecular flexibility index (Phi) is 8.66. The summed E-state index contributed by atoms with van der Waals surface area (Å²) in [5.41, 5.74) is -0.562. The van der Waals surface area contributed by atoms with Crippen molar-refractivity contribution in [2.75, 3.05) is 46.4 Å². The maximum absolute atomic E-state index is 14.2. The number of carboxylic acids is 1. The summed E-state index contributed by atoms with van der Waals surface area (Å²) in [4.78, 5) is 16.9. The molecule has 1 aliphatic carbocycles. The van der Waals surface area contributed by atoms with Crippen molar-refractivity contribution in [3.8, 4) is 5.88 Å². The highest BCUT2D eigenvalue weighted by molar-refractivity contribution is 5.75. The van der Waals surface area contributed by atoms with Crippen LogP contribution in [0.4, 0.5) is 17.6 Å². The van der Waals surface area contributed by atoms with Crippen LogP contribution in [-0.4, -0.2) is 77.0 Å². The monoisotopic (exact) mass is 580 g/mol. The molecule has 0 bridgehead atoms. The molecular weight excluding hydrogens is 540 g/mol. The fraction of sp³-hybridized carbons (Fsp3) is 0.667. The molecular formula is C30H40F4N4O3. The third kappa shape index (κ3) is 6.26. The molecule has 1 unspecified atom stereocenters. The molecule has 3 heterocycles. The van der Waals surface area contributed by atoms with Crippen LogP contribution < -0.4 is 4.74 Å². The summed E-state index contributed by atoms with van der Waals surface area (Å²) in [6, 6.07) is 6.67. The maximum Gasteiger partial charge on any atom is 0.435 e. The molecule has 11 heteroatoms. The molecule has 0 spiro atoms. The van der Waals surface area contributed by atoms with Crippen molar-refractivity contribution in [3.63, 3.8) is 0 Å². The molecule has 1 saturated carbocycles. The summed E-state index contributed by atoms with van der Waals surface area (Å²) >= 11 is 0. The molecule has 226 valence electrons. The maximum atomic E-state index is 14.2. The fourth-order valence-electron chi connectivity index (χ4n) is 7.57. The molecule has 2 saturated heterocycles. The highest BCUT2D eigenvalue weighted by Gasteiger charge is 2.45. The van der Waals surface area contributed by atoms with Gasteiger partial charge in [0.15, 0.2) is 5.69 Å². The number of hydrogen-bond acceptors (Lipinski definition) is 5. The molecule has 5 rings (SSSR count). The van der Waals surface area contributed by atoms with Crippen LogP contribution in [0.2, 0.25) is 0 Å². The van der Waals surface area contributed by atoms with Gasteiger partial charge in [0.05, 0.1) is 12.5 Å². The molecule has 3 fully saturated rings. The first-order valence-electron chi connectivity index (χ1n) is 14.6. The number of carbonyl (C=O) groups is 1. The molecule has 2 atom stereocenters. The zero-order chi connectivity index (χ0) is 29.4. The van der Waals surface area contributed by atoms with E-state index in [2.05, 4.69) is 14.9 Å². The number of piperidine rings is 1. The van der Waals surface area contributed by atoms with Crippen LogP contribution in [0.5, 0.6) is 5.88 Å². The van der Waals surface area contributed by atoms with Crippen LogP contribution >= 0.6 is 0 Å². The topological polar surface area (TPSA) is 70.8 Å². The number of likely N-dealkylation sites (tertiary alicyclic amines) is 2. The third-order valence-electron chi connectivity index (χ3n) is 9.56. The van der Waals surface area contributed by atoms with Gasteiger partial charge in [-0.05, 0) is 68.3 Å². The predicted octanol–water partition coefficient (Wildman–Crippen LogP) is 5.52. The van der Waals surface area contributed by atoms with Crippen molar-refractivity contribution >= 4 is 5.97 Å². The minimum atomic E-state index is -4.56. The van der Waals surface area contributed by atoms with E-state index in [4.69, 9.17) is 4.74 Å². The average Bonchev–Trinajstić information content (AvgIpc) is 3.49. The molecule has 0 radical (unpaired) electrons. The Morgan fingerprint density at radius 3 is 2.44 bits per heavy atom. The summed E-state index contributed by atoms with van der Waals surface area (Å²) < 4.78 is 62.1. The van der Waals surface area contributed by atoms with Gasteiger partial charge in [0.25, 0.3) is 0 Å². The van der Waals surface area contributed by atoms with Gasteiger partial charge in [-0.25, -0.2) is 9.07 Å². The van der Waals surface area contributed by atoms with Gasteiger partial charge in [-0.15, -0.1) is 0 Å². The standard InChI is InChI=1S/C30H40F4N4O3/c1-36-27(41-2)25(26(35-36)30(32,33)34)20-9-13-37(14-10-20)16-22-17-38(18-24(22)21-7-6-8-23(31)15-21)19-29(28(39)40)11-4-3-5-12-29/h6-8,15,20,22,24H,3-5,9-14,16-19H2,1-2H3,(H,39,40)/t22?,24-/m1/s1. The SMILES string of the molecule is COc1c(C2CCN(CC3CN(CC4(C(=O)O)CCCCC4)C[C@@H]3c3cccc(F)c3)CC2)c(C(F)(F)F)nn1C. The van der Waals surface area contributed by atoms with E-state index < -0.39 is 23.3 Å². The minimum Gasteiger partial charge on any atom is -0.481 e. The zero-order valence-corrected chi connectivity index (χ0v) is 23.8. The normalized spacial score (nSPS) is 24.5. The van der Waals surface area contributed by atoms with E-state index in [1.807, 2.05) is 6.07 Å². The van der Waals surface area contributed by atoms with Crippen LogP contribution in [0.1, 0.15) is 73.6 Å². The minimum absolute atomic E-state index is 0.0492. The largest absolute Gasteiger partial charge is 0.481 e. The predicted molar refractivity (Wildman–Crippen MR) is 145 cm³/mol. The van der Waals surface area contributed by atoms with Gasteiger partial charge in [-0.2, -0.15) is 18.3 Å². The van der Waals surface area contributed by atoms with E-state index in [1.165, 1.54) is 20.2 Å². The number of alkyl halides is 3. The Labute approximate surface area is 238 Å². The van der Waals surface area contributed by atoms with Crippen molar-refractivity contribution < 1.29 is 32.2 Å². The van der Waals surface area contributed by atoms with E-state index in [0.29, 0.717) is 58.4 Å². The fourth-order valence-corrected chi connectivity index (χ4v) is 7.57. The number of ether oxygens (including phenoxy) is 1. The molecule has 1 aromatic heterocycles. The molecule has 2 aromatic rings. The Morgan fingerprint density at radius 2 is 1.83 bits per heavy atom. The number of carboxylic acid groups (broad SMARTS) is 1. The number of benzene rings is 1. The second-order valence-corrected chi connectivity index (χ2v) is 12.2. The Hall–Kier alpha value is -2.66. The Balaban J connectivity index is 1.30. The van der Waals surface area contributed by atoms with E-state index in [9.17, 15) is 27.5 Å². The van der Waals surface area contributed by atoms with Gasteiger partial charge in [0.2, 0.25) is 5.88 Å². The van der Waals surface area contributed by atoms with Crippen molar-refractivity contribution in [2.45, 2.75) is 63.0 Å². The number of aromatic nitrogens is 2. The van der Waals surface area contributed by atoms with Gasteiger partial charge in [0, 0.05) is 44.7 Å². The summed E-state index contributed by atoms with van der Waals surface area (Å²) in [6.07, 6.45) is 0.807. The van der Waals surface area contributed by atoms with Gasteiger partial charge in [-0.3, -0.25) is 4.79 Å². The molecule has 1 aromatic carbocycles. The Bertz CT molecular complexity index is 1220. The van der Waals surface area contributed by atoms with Gasteiger partial charge >= 0.3 is 12.1 Å². The number of methoxy groups -OCH3 is 1. The van der Waals surface area contributed by atoms with Crippen molar-refractivity contribution in [1.29, 1.82) is 0 Å². The van der Waals surface area contributed by atoms with Crippen LogP contribution in [-0.2, 0) is 18.0 Å². The zero-order valence-electron chi connectivity index (χ0n) is 23.8. The first-order chi connectivity index (χ1) is 19.5. The summed E-state index contributed by atoms with van der Waals surface area (Å²) in [5.74, 6) is -0.972. The first-order valence-corrected chi connectivity index (χ1v) is 14.6. The summed E-state index contributed by atoms with van der Waals surface area (Å²) in [5, 5.41) is 13.9. The highest BCUT2D eigenvalue weighted by atomic mass is 19.4. The van der Waals surface area contributed by atoms with E-state index >= 15 is 0 Å². The lowest BCUT2D eigenvalue weighted by Crippen LogP contribution is -2.44. The van der Waals surface area contributed by atoms with E-state index in [0.717, 1.165) is 36.1 Å². The lowest BCUT2D eigenvalue weighted by atomic mass is 9.73. The number of halogens is 4. The smallest absolute Gasteiger partial charge is 0.435 e. The van der Waals surface area contributed by atoms with Crippen molar-refractivity contribution in [2.24, 2.45) is 18.4 Å². The van der Waals surface area contributed by atoms with E-state index in [-0.39, 0.29) is 35.0 Å².